The zero-order chi connectivity index (χ0) is 17.6. The van der Waals surface area contributed by atoms with E-state index in [0.29, 0.717) is 16.3 Å². The van der Waals surface area contributed by atoms with Gasteiger partial charge in [0.1, 0.15) is 5.82 Å². The van der Waals surface area contributed by atoms with E-state index in [1.54, 1.807) is 47.3 Å². The van der Waals surface area contributed by atoms with Gasteiger partial charge >= 0.3 is 0 Å². The van der Waals surface area contributed by atoms with E-state index in [-0.39, 0.29) is 18.3 Å². The van der Waals surface area contributed by atoms with Gasteiger partial charge in [-0.3, -0.25) is 4.79 Å². The largest absolute Gasteiger partial charge is 0.348 e. The molecule has 1 N–H and O–H groups in total. The maximum Gasteiger partial charge on any atom is 0.244 e. The summed E-state index contributed by atoms with van der Waals surface area (Å²) in [5, 5.41) is 3.37. The van der Waals surface area contributed by atoms with Gasteiger partial charge in [0.05, 0.1) is 12.0 Å². The van der Waals surface area contributed by atoms with E-state index in [9.17, 15) is 9.18 Å². The molecule has 0 fully saturated rings. The SMILES string of the molecule is O=C(C=Cc1ccc(Cl)cc1)NCc1ccc(-n2ccnc2)c(F)c1. The molecule has 1 amide bonds. The minimum absolute atomic E-state index is 0.241. The van der Waals surface area contributed by atoms with Crippen molar-refractivity contribution in [1.29, 1.82) is 0 Å². The molecule has 6 heteroatoms. The van der Waals surface area contributed by atoms with Crippen LogP contribution in [0, 0.1) is 5.82 Å². The molecular weight excluding hydrogens is 341 g/mol. The summed E-state index contributed by atoms with van der Waals surface area (Å²) >= 11 is 5.81. The molecule has 0 saturated heterocycles. The van der Waals surface area contributed by atoms with Gasteiger partial charge in [0.15, 0.2) is 0 Å². The first-order valence-electron chi connectivity index (χ1n) is 7.60. The van der Waals surface area contributed by atoms with Crippen LogP contribution in [0.25, 0.3) is 11.8 Å². The molecule has 0 aliphatic carbocycles. The number of aromatic nitrogens is 2. The highest BCUT2D eigenvalue weighted by molar-refractivity contribution is 6.30. The average molecular weight is 356 g/mol. The van der Waals surface area contributed by atoms with Gasteiger partial charge in [-0.1, -0.05) is 29.8 Å². The van der Waals surface area contributed by atoms with E-state index in [4.69, 9.17) is 11.6 Å². The van der Waals surface area contributed by atoms with Crippen LogP contribution < -0.4 is 5.32 Å². The number of nitrogens with zero attached hydrogens (tertiary/aromatic N) is 2. The first-order chi connectivity index (χ1) is 12.1. The van der Waals surface area contributed by atoms with Crippen molar-refractivity contribution in [3.8, 4) is 5.69 Å². The van der Waals surface area contributed by atoms with Crippen LogP contribution in [0.5, 0.6) is 0 Å². The van der Waals surface area contributed by atoms with Gasteiger partial charge in [0.25, 0.3) is 0 Å². The fourth-order valence-electron chi connectivity index (χ4n) is 2.27. The van der Waals surface area contributed by atoms with E-state index >= 15 is 0 Å². The van der Waals surface area contributed by atoms with Crippen molar-refractivity contribution in [3.63, 3.8) is 0 Å². The van der Waals surface area contributed by atoms with Crippen LogP contribution in [0.2, 0.25) is 5.02 Å². The minimum Gasteiger partial charge on any atom is -0.348 e. The fraction of sp³-hybridized carbons (Fsp3) is 0.0526. The van der Waals surface area contributed by atoms with Crippen molar-refractivity contribution in [2.45, 2.75) is 6.54 Å². The summed E-state index contributed by atoms with van der Waals surface area (Å²) in [4.78, 5) is 15.8. The van der Waals surface area contributed by atoms with E-state index in [0.717, 1.165) is 5.56 Å². The van der Waals surface area contributed by atoms with Crippen LogP contribution in [-0.4, -0.2) is 15.5 Å². The van der Waals surface area contributed by atoms with Crippen LogP contribution in [0.1, 0.15) is 11.1 Å². The summed E-state index contributed by atoms with van der Waals surface area (Å²) in [5.41, 5.74) is 1.96. The first kappa shape index (κ1) is 16.9. The molecule has 3 rings (SSSR count). The molecule has 0 aliphatic rings. The van der Waals surface area contributed by atoms with Crippen LogP contribution in [0.4, 0.5) is 4.39 Å². The number of hydrogen-bond donors (Lipinski definition) is 1. The Bertz CT molecular complexity index is 890. The van der Waals surface area contributed by atoms with Crippen molar-refractivity contribution < 1.29 is 9.18 Å². The van der Waals surface area contributed by atoms with E-state index in [1.807, 2.05) is 12.1 Å². The minimum atomic E-state index is -0.374. The lowest BCUT2D eigenvalue weighted by atomic mass is 10.2. The Hall–Kier alpha value is -2.92. The van der Waals surface area contributed by atoms with E-state index in [2.05, 4.69) is 10.3 Å². The first-order valence-corrected chi connectivity index (χ1v) is 7.98. The Kier molecular flexibility index (Phi) is 5.26. The van der Waals surface area contributed by atoms with Crippen molar-refractivity contribution in [2.75, 3.05) is 0 Å². The number of carbonyl (C=O) groups excluding carboxylic acids is 1. The Balaban J connectivity index is 1.58. The smallest absolute Gasteiger partial charge is 0.244 e. The third-order valence-electron chi connectivity index (χ3n) is 3.56. The molecule has 4 nitrogen and oxygen atoms in total. The second-order valence-corrected chi connectivity index (χ2v) is 5.79. The fourth-order valence-corrected chi connectivity index (χ4v) is 2.39. The number of amides is 1. The standard InChI is InChI=1S/C19H15ClFN3O/c20-16-5-1-14(2-6-16)4-8-19(25)23-12-15-3-7-18(17(21)11-15)24-10-9-22-13-24/h1-11,13H,12H2,(H,23,25). The van der Waals surface area contributed by atoms with Gasteiger partial charge in [-0.15, -0.1) is 0 Å². The zero-order valence-corrected chi connectivity index (χ0v) is 13.9. The highest BCUT2D eigenvalue weighted by Gasteiger charge is 2.06. The maximum absolute atomic E-state index is 14.2. The molecule has 0 saturated carbocycles. The third-order valence-corrected chi connectivity index (χ3v) is 3.81. The lowest BCUT2D eigenvalue weighted by molar-refractivity contribution is -0.116. The predicted molar refractivity (Wildman–Crippen MR) is 95.9 cm³/mol. The van der Waals surface area contributed by atoms with Gasteiger partial charge in [-0.25, -0.2) is 9.37 Å². The topological polar surface area (TPSA) is 46.9 Å². The van der Waals surface area contributed by atoms with Gasteiger partial charge < -0.3 is 9.88 Å². The molecular formula is C19H15ClFN3O. The number of nitrogens with one attached hydrogen (secondary N) is 1. The molecule has 1 aromatic heterocycles. The number of rotatable bonds is 5. The monoisotopic (exact) mass is 355 g/mol. The highest BCUT2D eigenvalue weighted by Crippen LogP contribution is 2.15. The summed E-state index contributed by atoms with van der Waals surface area (Å²) in [6.45, 7) is 0.241. The number of hydrogen-bond acceptors (Lipinski definition) is 2. The molecule has 0 atom stereocenters. The van der Waals surface area contributed by atoms with Crippen LogP contribution in [0.3, 0.4) is 0 Å². The molecule has 126 valence electrons. The molecule has 25 heavy (non-hydrogen) atoms. The quantitative estimate of drug-likeness (QED) is 0.703. The van der Waals surface area contributed by atoms with Crippen LogP contribution in [0.15, 0.2) is 67.3 Å². The zero-order valence-electron chi connectivity index (χ0n) is 13.2. The molecule has 0 bridgehead atoms. The average Bonchev–Trinajstić information content (AvgIpc) is 3.14. The van der Waals surface area contributed by atoms with Crippen molar-refractivity contribution in [2.24, 2.45) is 0 Å². The molecule has 0 aliphatic heterocycles. The summed E-state index contributed by atoms with van der Waals surface area (Å²) in [7, 11) is 0. The lowest BCUT2D eigenvalue weighted by Gasteiger charge is -2.07. The highest BCUT2D eigenvalue weighted by atomic mass is 35.5. The predicted octanol–water partition coefficient (Wildman–Crippen LogP) is 3.99. The molecule has 0 radical (unpaired) electrons. The van der Waals surface area contributed by atoms with E-state index < -0.39 is 0 Å². The molecule has 1 heterocycles. The van der Waals surface area contributed by atoms with Crippen LogP contribution in [-0.2, 0) is 11.3 Å². The Morgan fingerprint density at radius 3 is 2.72 bits per heavy atom. The third kappa shape index (κ3) is 4.55. The molecule has 3 aromatic rings. The second kappa shape index (κ2) is 7.77. The summed E-state index contributed by atoms with van der Waals surface area (Å²) in [6, 6.07) is 12.0. The van der Waals surface area contributed by atoms with Gasteiger partial charge in [0.2, 0.25) is 5.91 Å². The molecule has 0 unspecified atom stereocenters. The Morgan fingerprint density at radius 1 is 1.24 bits per heavy atom. The number of carbonyl (C=O) groups is 1. The number of imidazole rings is 1. The van der Waals surface area contributed by atoms with Gasteiger partial charge in [-0.2, -0.15) is 0 Å². The normalized spacial score (nSPS) is 11.0. The number of benzene rings is 2. The molecule has 0 spiro atoms. The molecule has 2 aromatic carbocycles. The second-order valence-electron chi connectivity index (χ2n) is 5.36. The lowest BCUT2D eigenvalue weighted by Crippen LogP contribution is -2.20. The van der Waals surface area contributed by atoms with E-state index in [1.165, 1.54) is 18.5 Å². The number of halogens is 2. The van der Waals surface area contributed by atoms with Gasteiger partial charge in [0, 0.05) is 30.0 Å². The van der Waals surface area contributed by atoms with Crippen molar-refractivity contribution in [1.82, 2.24) is 14.9 Å². The van der Waals surface area contributed by atoms with Gasteiger partial charge in [-0.05, 0) is 41.5 Å². The maximum atomic E-state index is 14.2. The summed E-state index contributed by atoms with van der Waals surface area (Å²) in [6.07, 6.45) is 7.90. The van der Waals surface area contributed by atoms with Crippen LogP contribution >= 0.6 is 11.6 Å². The Morgan fingerprint density at radius 2 is 2.04 bits per heavy atom. The Labute approximate surface area is 149 Å². The summed E-state index contributed by atoms with van der Waals surface area (Å²) in [5.74, 6) is -0.629. The van der Waals surface area contributed by atoms with Crippen molar-refractivity contribution in [3.05, 3.63) is 89.2 Å². The van der Waals surface area contributed by atoms with Crippen molar-refractivity contribution >= 4 is 23.6 Å². The summed E-state index contributed by atoms with van der Waals surface area (Å²) < 4.78 is 15.7.